The van der Waals surface area contributed by atoms with Crippen LogP contribution in [0.15, 0.2) is 48.8 Å². The third-order valence-corrected chi connectivity index (χ3v) is 4.01. The maximum atomic E-state index is 12.3. The van der Waals surface area contributed by atoms with Crippen molar-refractivity contribution >= 4 is 11.8 Å². The van der Waals surface area contributed by atoms with E-state index in [9.17, 15) is 9.59 Å². The maximum absolute atomic E-state index is 12.3. The highest BCUT2D eigenvalue weighted by atomic mass is 16.2. The van der Waals surface area contributed by atoms with Crippen molar-refractivity contribution < 1.29 is 9.59 Å². The highest BCUT2D eigenvalue weighted by Crippen LogP contribution is 2.22. The Labute approximate surface area is 143 Å². The molecule has 3 aromatic rings. The molecular weight excluding hydrogens is 320 g/mol. The van der Waals surface area contributed by atoms with Crippen LogP contribution >= 0.6 is 0 Å². The van der Waals surface area contributed by atoms with Gasteiger partial charge in [0.2, 0.25) is 5.82 Å². The molecule has 2 aromatic heterocycles. The Morgan fingerprint density at radius 3 is 2.24 bits per heavy atom. The minimum absolute atomic E-state index is 0.246. The lowest BCUT2D eigenvalue weighted by Crippen LogP contribution is -2.31. The van der Waals surface area contributed by atoms with Crippen molar-refractivity contribution in [3.8, 4) is 11.4 Å². The van der Waals surface area contributed by atoms with Gasteiger partial charge in [-0.15, -0.1) is 10.2 Å². The van der Waals surface area contributed by atoms with Crippen molar-refractivity contribution in [2.45, 2.75) is 13.0 Å². The predicted molar refractivity (Wildman–Crippen MR) is 87.5 cm³/mol. The smallest absolute Gasteiger partial charge is 0.261 e. The summed E-state index contributed by atoms with van der Waals surface area (Å²) in [6, 6.07) is 10.5. The number of carbonyl (C=O) groups is 2. The fourth-order valence-electron chi connectivity index (χ4n) is 2.77. The van der Waals surface area contributed by atoms with E-state index < -0.39 is 0 Å². The third kappa shape index (κ3) is 2.78. The summed E-state index contributed by atoms with van der Waals surface area (Å²) in [5, 5.41) is 12.3. The fraction of sp³-hybridized carbons (Fsp3) is 0.176. The Bertz CT molecular complexity index is 902. The SMILES string of the molecule is O=C1c2ccccc2C(=O)N1CCCn1nnc(-c2ccncc2)n1. The number of rotatable bonds is 5. The number of hydrogen-bond donors (Lipinski definition) is 0. The number of amides is 2. The number of carbonyl (C=O) groups excluding carboxylic acids is 2. The average Bonchev–Trinajstić information content (AvgIpc) is 3.22. The van der Waals surface area contributed by atoms with Crippen LogP contribution in [0.25, 0.3) is 11.4 Å². The van der Waals surface area contributed by atoms with Gasteiger partial charge in [0.05, 0.1) is 17.7 Å². The Kier molecular flexibility index (Phi) is 3.77. The summed E-state index contributed by atoms with van der Waals surface area (Å²) >= 11 is 0. The van der Waals surface area contributed by atoms with E-state index in [4.69, 9.17) is 0 Å². The van der Waals surface area contributed by atoms with Crippen molar-refractivity contribution in [1.29, 1.82) is 0 Å². The van der Waals surface area contributed by atoms with Gasteiger partial charge in [-0.2, -0.15) is 4.80 Å². The molecule has 0 N–H and O–H groups in total. The van der Waals surface area contributed by atoms with Crippen LogP contribution in [0.2, 0.25) is 0 Å². The Morgan fingerprint density at radius 2 is 1.56 bits per heavy atom. The summed E-state index contributed by atoms with van der Waals surface area (Å²) in [6.07, 6.45) is 3.88. The lowest BCUT2D eigenvalue weighted by molar-refractivity contribution is 0.0649. The van der Waals surface area contributed by atoms with Crippen molar-refractivity contribution in [2.75, 3.05) is 6.54 Å². The summed E-state index contributed by atoms with van der Waals surface area (Å²) < 4.78 is 0. The van der Waals surface area contributed by atoms with Crippen molar-refractivity contribution in [2.24, 2.45) is 0 Å². The molecule has 1 aliphatic rings. The van der Waals surface area contributed by atoms with Crippen LogP contribution in [0.4, 0.5) is 0 Å². The number of nitrogens with zero attached hydrogens (tertiary/aromatic N) is 6. The number of fused-ring (bicyclic) bond motifs is 1. The van der Waals surface area contributed by atoms with Crippen molar-refractivity contribution in [1.82, 2.24) is 30.1 Å². The minimum atomic E-state index is -0.246. The largest absolute Gasteiger partial charge is 0.274 e. The molecule has 0 radical (unpaired) electrons. The number of aryl methyl sites for hydroxylation is 1. The molecule has 1 aromatic carbocycles. The topological polar surface area (TPSA) is 93.9 Å². The maximum Gasteiger partial charge on any atom is 0.261 e. The zero-order valence-electron chi connectivity index (χ0n) is 13.2. The molecule has 0 spiro atoms. The fourth-order valence-corrected chi connectivity index (χ4v) is 2.77. The number of tetrazole rings is 1. The van der Waals surface area contributed by atoms with Crippen molar-refractivity contribution in [3.05, 3.63) is 59.9 Å². The van der Waals surface area contributed by atoms with Gasteiger partial charge in [0.15, 0.2) is 0 Å². The molecule has 0 saturated carbocycles. The molecule has 0 saturated heterocycles. The van der Waals surface area contributed by atoms with Gasteiger partial charge in [-0.1, -0.05) is 12.1 Å². The number of benzene rings is 1. The molecule has 0 atom stereocenters. The highest BCUT2D eigenvalue weighted by Gasteiger charge is 2.34. The van der Waals surface area contributed by atoms with Gasteiger partial charge in [-0.25, -0.2) is 0 Å². The number of aromatic nitrogens is 5. The third-order valence-electron chi connectivity index (χ3n) is 4.01. The second-order valence-electron chi connectivity index (χ2n) is 5.61. The van der Waals surface area contributed by atoms with Gasteiger partial charge in [-0.3, -0.25) is 19.5 Å². The van der Waals surface area contributed by atoms with E-state index in [-0.39, 0.29) is 11.8 Å². The lowest BCUT2D eigenvalue weighted by atomic mass is 10.1. The molecule has 4 rings (SSSR count). The van der Waals surface area contributed by atoms with Gasteiger partial charge in [0, 0.05) is 24.5 Å². The van der Waals surface area contributed by atoms with E-state index in [0.29, 0.717) is 36.5 Å². The molecular formula is C17H14N6O2. The van der Waals surface area contributed by atoms with Gasteiger partial charge in [0.25, 0.3) is 11.8 Å². The van der Waals surface area contributed by atoms with Crippen LogP contribution in [0.3, 0.4) is 0 Å². The molecule has 0 unspecified atom stereocenters. The van der Waals surface area contributed by atoms with Crippen LogP contribution in [-0.2, 0) is 6.54 Å². The van der Waals surface area contributed by atoms with Gasteiger partial charge in [-0.05, 0) is 35.9 Å². The second-order valence-corrected chi connectivity index (χ2v) is 5.61. The van der Waals surface area contributed by atoms with Crippen LogP contribution in [0.5, 0.6) is 0 Å². The zero-order chi connectivity index (χ0) is 17.2. The first-order chi connectivity index (χ1) is 12.2. The quantitative estimate of drug-likeness (QED) is 0.655. The monoisotopic (exact) mass is 334 g/mol. The number of imide groups is 1. The molecule has 3 heterocycles. The first kappa shape index (κ1) is 15.1. The van der Waals surface area contributed by atoms with E-state index in [0.717, 1.165) is 5.56 Å². The standard InChI is InChI=1S/C17H14N6O2/c24-16-13-4-1-2-5-14(13)17(25)22(16)10-3-11-23-20-15(19-21-23)12-6-8-18-9-7-12/h1-2,4-9H,3,10-11H2. The molecule has 0 bridgehead atoms. The normalized spacial score (nSPS) is 13.4. The second kappa shape index (κ2) is 6.23. The summed E-state index contributed by atoms with van der Waals surface area (Å²) in [6.45, 7) is 0.782. The Hall–Kier alpha value is -3.42. The zero-order valence-corrected chi connectivity index (χ0v) is 13.2. The molecule has 0 fully saturated rings. The summed E-state index contributed by atoms with van der Waals surface area (Å²) in [7, 11) is 0. The Balaban J connectivity index is 1.39. The predicted octanol–water partition coefficient (Wildman–Crippen LogP) is 1.42. The van der Waals surface area contributed by atoms with E-state index in [1.807, 2.05) is 0 Å². The van der Waals surface area contributed by atoms with Crippen LogP contribution < -0.4 is 0 Å². The van der Waals surface area contributed by atoms with Crippen LogP contribution in [0, 0.1) is 0 Å². The van der Waals surface area contributed by atoms with Gasteiger partial charge >= 0.3 is 0 Å². The molecule has 8 heteroatoms. The lowest BCUT2D eigenvalue weighted by Gasteiger charge is -2.12. The minimum Gasteiger partial charge on any atom is -0.274 e. The first-order valence-corrected chi connectivity index (χ1v) is 7.87. The average molecular weight is 334 g/mol. The summed E-state index contributed by atoms with van der Waals surface area (Å²) in [5.74, 6) is 0.0254. The van der Waals surface area contributed by atoms with E-state index >= 15 is 0 Å². The van der Waals surface area contributed by atoms with E-state index in [2.05, 4.69) is 20.4 Å². The molecule has 124 valence electrons. The highest BCUT2D eigenvalue weighted by molar-refractivity contribution is 6.21. The van der Waals surface area contributed by atoms with E-state index in [1.54, 1.807) is 48.8 Å². The number of pyridine rings is 1. The Morgan fingerprint density at radius 1 is 0.880 bits per heavy atom. The molecule has 0 aliphatic carbocycles. The van der Waals surface area contributed by atoms with Crippen LogP contribution in [-0.4, -0.2) is 48.5 Å². The van der Waals surface area contributed by atoms with Gasteiger partial charge in [0.1, 0.15) is 0 Å². The first-order valence-electron chi connectivity index (χ1n) is 7.87. The molecule has 1 aliphatic heterocycles. The molecule has 8 nitrogen and oxygen atoms in total. The van der Waals surface area contributed by atoms with E-state index in [1.165, 1.54) is 9.70 Å². The van der Waals surface area contributed by atoms with Crippen molar-refractivity contribution in [3.63, 3.8) is 0 Å². The number of hydrogen-bond acceptors (Lipinski definition) is 6. The summed E-state index contributed by atoms with van der Waals surface area (Å²) in [5.41, 5.74) is 1.76. The molecule has 25 heavy (non-hydrogen) atoms. The molecule has 2 amide bonds. The van der Waals surface area contributed by atoms with Crippen LogP contribution in [0.1, 0.15) is 27.1 Å². The van der Waals surface area contributed by atoms with Gasteiger partial charge < -0.3 is 0 Å². The summed E-state index contributed by atoms with van der Waals surface area (Å²) in [4.78, 5) is 31.3.